The molecule has 0 saturated carbocycles. The fraction of sp³-hybridized carbons (Fsp3) is 0.350. The van der Waals surface area contributed by atoms with Gasteiger partial charge in [-0.2, -0.15) is 0 Å². The number of benzene rings is 2. The van der Waals surface area contributed by atoms with Gasteiger partial charge in [-0.25, -0.2) is 8.78 Å². The zero-order chi connectivity index (χ0) is 20.1. The summed E-state index contributed by atoms with van der Waals surface area (Å²) in [6.07, 6.45) is 0. The Bertz CT molecular complexity index is 842. The van der Waals surface area contributed by atoms with E-state index in [4.69, 9.17) is 16.3 Å². The summed E-state index contributed by atoms with van der Waals surface area (Å²) in [5.74, 6) is -0.217. The second-order valence-corrected chi connectivity index (χ2v) is 7.39. The lowest BCUT2D eigenvalue weighted by atomic mass is 10.1. The molecule has 150 valence electrons. The molecule has 1 aliphatic rings. The number of amides is 1. The second kappa shape index (κ2) is 9.32. The topological polar surface area (TPSA) is 47.2 Å². The molecule has 0 spiro atoms. The molecule has 28 heavy (non-hydrogen) atoms. The van der Waals surface area contributed by atoms with E-state index in [0.717, 1.165) is 31.7 Å². The largest absolute Gasteiger partial charge is 0.496 e. The summed E-state index contributed by atoms with van der Waals surface area (Å²) >= 11 is 5.74. The van der Waals surface area contributed by atoms with Crippen molar-refractivity contribution in [3.8, 4) is 5.75 Å². The number of quaternary nitrogens is 2. The minimum Gasteiger partial charge on any atom is -0.496 e. The van der Waals surface area contributed by atoms with Crippen molar-refractivity contribution in [2.24, 2.45) is 0 Å². The van der Waals surface area contributed by atoms with Gasteiger partial charge in [0.25, 0.3) is 5.91 Å². The maximum absolute atomic E-state index is 13.5. The van der Waals surface area contributed by atoms with E-state index in [0.29, 0.717) is 24.5 Å². The number of piperazine rings is 1. The molecule has 2 aromatic rings. The smallest absolute Gasteiger partial charge is 0.279 e. The first-order valence-electron chi connectivity index (χ1n) is 9.19. The third-order valence-corrected chi connectivity index (χ3v) is 5.25. The molecule has 0 aliphatic carbocycles. The van der Waals surface area contributed by atoms with Crippen LogP contribution >= 0.6 is 11.6 Å². The number of ether oxygens (including phenoxy) is 1. The molecule has 0 atom stereocenters. The number of hydrogen-bond acceptors (Lipinski definition) is 2. The number of carbonyl (C=O) groups excluding carboxylic acids is 1. The zero-order valence-electron chi connectivity index (χ0n) is 15.7. The van der Waals surface area contributed by atoms with Crippen molar-refractivity contribution in [2.45, 2.75) is 6.54 Å². The minimum absolute atomic E-state index is 0.0184. The average Bonchev–Trinajstić information content (AvgIpc) is 2.66. The number of nitrogens with one attached hydrogen (secondary N) is 3. The summed E-state index contributed by atoms with van der Waals surface area (Å²) in [5.41, 5.74) is 1.34. The predicted molar refractivity (Wildman–Crippen MR) is 103 cm³/mol. The van der Waals surface area contributed by atoms with Crippen molar-refractivity contribution in [3.63, 3.8) is 0 Å². The van der Waals surface area contributed by atoms with Gasteiger partial charge in [0.15, 0.2) is 6.54 Å². The van der Waals surface area contributed by atoms with Gasteiger partial charge in [0.2, 0.25) is 0 Å². The molecular formula is C20H24ClF2N3O2+2. The van der Waals surface area contributed by atoms with Crippen molar-refractivity contribution in [3.05, 3.63) is 58.6 Å². The summed E-state index contributed by atoms with van der Waals surface area (Å²) in [4.78, 5) is 14.7. The number of carbonyl (C=O) groups is 1. The van der Waals surface area contributed by atoms with Gasteiger partial charge in [-0.15, -0.1) is 0 Å². The second-order valence-electron chi connectivity index (χ2n) is 6.99. The van der Waals surface area contributed by atoms with Gasteiger partial charge in [-0.3, -0.25) is 4.79 Å². The maximum atomic E-state index is 13.5. The predicted octanol–water partition coefficient (Wildman–Crippen LogP) is 0.549. The summed E-state index contributed by atoms with van der Waals surface area (Å²) in [6.45, 7) is 4.46. The standard InChI is InChI=1S/C20H22ClF2N3O2/c1-28-19-5-2-15(22)10-14(19)12-25-6-8-26(9-7-25)13-20(27)24-16-3-4-18(23)17(21)11-16/h2-5,10-11H,6-9,12-13H2,1H3,(H,24,27)/p+2. The van der Waals surface area contributed by atoms with E-state index < -0.39 is 5.82 Å². The lowest BCUT2D eigenvalue weighted by Gasteiger charge is -2.29. The molecule has 1 amide bonds. The highest BCUT2D eigenvalue weighted by Crippen LogP contribution is 2.19. The zero-order valence-corrected chi connectivity index (χ0v) is 16.4. The minimum atomic E-state index is -0.515. The Balaban J connectivity index is 1.48. The normalized spacial score (nSPS) is 19.3. The van der Waals surface area contributed by atoms with Crippen LogP contribution in [0.2, 0.25) is 5.02 Å². The molecule has 1 heterocycles. The highest BCUT2D eigenvalue weighted by atomic mass is 35.5. The highest BCUT2D eigenvalue weighted by molar-refractivity contribution is 6.31. The van der Waals surface area contributed by atoms with Crippen molar-refractivity contribution < 1.29 is 28.1 Å². The van der Waals surface area contributed by atoms with Crippen LogP contribution in [0, 0.1) is 11.6 Å². The van der Waals surface area contributed by atoms with E-state index in [1.165, 1.54) is 40.1 Å². The van der Waals surface area contributed by atoms with Gasteiger partial charge in [0.1, 0.15) is 50.1 Å². The number of methoxy groups -OCH3 is 1. The summed E-state index contributed by atoms with van der Waals surface area (Å²) in [6, 6.07) is 8.69. The van der Waals surface area contributed by atoms with Gasteiger partial charge in [-0.05, 0) is 36.4 Å². The van der Waals surface area contributed by atoms with Crippen LogP contribution in [-0.2, 0) is 11.3 Å². The van der Waals surface area contributed by atoms with Gasteiger partial charge in [0, 0.05) is 5.69 Å². The number of anilines is 1. The molecule has 0 aromatic heterocycles. The SMILES string of the molecule is COc1ccc(F)cc1C[NH+]1CC[NH+](CC(=O)Nc2ccc(F)c(Cl)c2)CC1. The van der Waals surface area contributed by atoms with Crippen molar-refractivity contribution in [2.75, 3.05) is 45.2 Å². The fourth-order valence-corrected chi connectivity index (χ4v) is 3.65. The van der Waals surface area contributed by atoms with Crippen LogP contribution in [0.4, 0.5) is 14.5 Å². The van der Waals surface area contributed by atoms with Crippen LogP contribution in [0.25, 0.3) is 0 Å². The fourth-order valence-electron chi connectivity index (χ4n) is 3.47. The van der Waals surface area contributed by atoms with Crippen molar-refractivity contribution in [1.82, 2.24) is 0 Å². The van der Waals surface area contributed by atoms with Gasteiger partial charge < -0.3 is 19.9 Å². The number of hydrogen-bond donors (Lipinski definition) is 3. The van der Waals surface area contributed by atoms with Crippen LogP contribution < -0.4 is 19.9 Å². The highest BCUT2D eigenvalue weighted by Gasteiger charge is 2.26. The lowest BCUT2D eigenvalue weighted by molar-refractivity contribution is -1.02. The van der Waals surface area contributed by atoms with Gasteiger partial charge in [-0.1, -0.05) is 11.6 Å². The van der Waals surface area contributed by atoms with E-state index in [1.807, 2.05) is 0 Å². The van der Waals surface area contributed by atoms with E-state index in [9.17, 15) is 13.6 Å². The molecule has 0 bridgehead atoms. The van der Waals surface area contributed by atoms with Crippen LogP contribution in [0.3, 0.4) is 0 Å². The molecule has 3 N–H and O–H groups in total. The van der Waals surface area contributed by atoms with Crippen LogP contribution in [0.15, 0.2) is 36.4 Å². The van der Waals surface area contributed by atoms with E-state index in [-0.39, 0.29) is 16.7 Å². The van der Waals surface area contributed by atoms with E-state index >= 15 is 0 Å². The third kappa shape index (κ3) is 5.41. The van der Waals surface area contributed by atoms with Crippen LogP contribution in [0.5, 0.6) is 5.75 Å². The molecule has 0 radical (unpaired) electrons. The Morgan fingerprint density at radius 3 is 2.50 bits per heavy atom. The Morgan fingerprint density at radius 2 is 1.82 bits per heavy atom. The first kappa shape index (κ1) is 20.5. The van der Waals surface area contributed by atoms with Crippen molar-refractivity contribution in [1.29, 1.82) is 0 Å². The monoisotopic (exact) mass is 411 g/mol. The number of rotatable bonds is 6. The Labute approximate surface area is 167 Å². The maximum Gasteiger partial charge on any atom is 0.279 e. The first-order chi connectivity index (χ1) is 13.4. The van der Waals surface area contributed by atoms with Crippen LogP contribution in [0.1, 0.15) is 5.56 Å². The van der Waals surface area contributed by atoms with Crippen LogP contribution in [-0.4, -0.2) is 45.7 Å². The Kier molecular flexibility index (Phi) is 6.83. The molecule has 1 aliphatic heterocycles. The first-order valence-corrected chi connectivity index (χ1v) is 9.57. The third-order valence-electron chi connectivity index (χ3n) is 4.96. The summed E-state index contributed by atoms with van der Waals surface area (Å²) in [7, 11) is 1.58. The molecular weight excluding hydrogens is 388 g/mol. The molecule has 8 heteroatoms. The molecule has 1 saturated heterocycles. The molecule has 0 unspecified atom stereocenters. The molecule has 1 fully saturated rings. The Hall–Kier alpha value is -2.22. The lowest BCUT2D eigenvalue weighted by Crippen LogP contribution is -3.28. The molecule has 3 rings (SSSR count). The number of halogens is 3. The summed E-state index contributed by atoms with van der Waals surface area (Å²) < 4.78 is 32.0. The Morgan fingerprint density at radius 1 is 1.11 bits per heavy atom. The van der Waals surface area contributed by atoms with E-state index in [1.54, 1.807) is 13.2 Å². The van der Waals surface area contributed by atoms with Crippen molar-refractivity contribution >= 4 is 23.2 Å². The summed E-state index contributed by atoms with van der Waals surface area (Å²) in [5, 5.41) is 2.74. The van der Waals surface area contributed by atoms with Gasteiger partial charge in [0.05, 0.1) is 17.7 Å². The molecule has 5 nitrogen and oxygen atoms in total. The van der Waals surface area contributed by atoms with E-state index in [2.05, 4.69) is 5.32 Å². The van der Waals surface area contributed by atoms with Gasteiger partial charge >= 0.3 is 0 Å². The quantitative estimate of drug-likeness (QED) is 0.650. The average molecular weight is 412 g/mol. The molecule has 2 aromatic carbocycles.